The smallest absolute Gasteiger partial charge is 0.354 e. The van der Waals surface area contributed by atoms with Gasteiger partial charge in [0.05, 0.1) is 18.0 Å². The molecule has 6 heteroatoms. The Hall–Kier alpha value is -2.76. The zero-order chi connectivity index (χ0) is 14.5. The second kappa shape index (κ2) is 5.92. The lowest BCUT2D eigenvalue weighted by Crippen LogP contribution is -2.06. The summed E-state index contributed by atoms with van der Waals surface area (Å²) in [5.41, 5.74) is 6.77. The molecule has 2 rings (SSSR count). The van der Waals surface area contributed by atoms with Gasteiger partial charge in [0.25, 0.3) is 0 Å². The first-order valence-corrected chi connectivity index (χ1v) is 6.10. The maximum absolute atomic E-state index is 10.9. The van der Waals surface area contributed by atoms with E-state index in [2.05, 4.69) is 10.3 Å². The van der Waals surface area contributed by atoms with Gasteiger partial charge in [0.2, 0.25) is 0 Å². The van der Waals surface area contributed by atoms with Crippen LogP contribution in [-0.2, 0) is 0 Å². The largest absolute Gasteiger partial charge is 0.492 e. The third-order valence-electron chi connectivity index (χ3n) is 2.59. The van der Waals surface area contributed by atoms with Crippen molar-refractivity contribution in [1.29, 1.82) is 0 Å². The van der Waals surface area contributed by atoms with Gasteiger partial charge >= 0.3 is 5.97 Å². The molecule has 0 saturated heterocycles. The highest BCUT2D eigenvalue weighted by atomic mass is 16.5. The first-order chi connectivity index (χ1) is 9.61. The average molecular weight is 273 g/mol. The second-order valence-electron chi connectivity index (χ2n) is 3.99. The van der Waals surface area contributed by atoms with Gasteiger partial charge in [-0.2, -0.15) is 0 Å². The molecule has 0 spiro atoms. The van der Waals surface area contributed by atoms with E-state index in [0.717, 1.165) is 0 Å². The molecule has 0 unspecified atom stereocenters. The van der Waals surface area contributed by atoms with Crippen LogP contribution in [-0.4, -0.2) is 22.7 Å². The molecule has 4 N–H and O–H groups in total. The molecule has 0 amide bonds. The molecule has 0 saturated carbocycles. The SMILES string of the molecule is CCOc1ccccc1Nc1nc(C(=O)O)ccc1N. The number of nitrogens with two attached hydrogens (primary N) is 1. The fourth-order valence-corrected chi connectivity index (χ4v) is 1.67. The lowest BCUT2D eigenvalue weighted by molar-refractivity contribution is 0.0690. The predicted octanol–water partition coefficient (Wildman–Crippen LogP) is 2.50. The quantitative estimate of drug-likeness (QED) is 0.774. The van der Waals surface area contributed by atoms with Crippen molar-refractivity contribution < 1.29 is 14.6 Å². The number of aromatic nitrogens is 1. The first-order valence-electron chi connectivity index (χ1n) is 6.10. The van der Waals surface area contributed by atoms with Gasteiger partial charge in [-0.1, -0.05) is 12.1 Å². The summed E-state index contributed by atoms with van der Waals surface area (Å²) in [5, 5.41) is 11.9. The fourth-order valence-electron chi connectivity index (χ4n) is 1.67. The number of pyridine rings is 1. The summed E-state index contributed by atoms with van der Waals surface area (Å²) < 4.78 is 5.48. The Morgan fingerprint density at radius 1 is 1.35 bits per heavy atom. The Balaban J connectivity index is 2.34. The van der Waals surface area contributed by atoms with Gasteiger partial charge < -0.3 is 20.9 Å². The fraction of sp³-hybridized carbons (Fsp3) is 0.143. The number of nitrogen functional groups attached to an aromatic ring is 1. The molecule has 0 aliphatic carbocycles. The van der Waals surface area contributed by atoms with E-state index in [1.54, 1.807) is 6.07 Å². The highest BCUT2D eigenvalue weighted by Gasteiger charge is 2.10. The van der Waals surface area contributed by atoms with Crippen molar-refractivity contribution in [2.45, 2.75) is 6.92 Å². The molecule has 2 aromatic rings. The number of nitrogens with zero attached hydrogens (tertiary/aromatic N) is 1. The van der Waals surface area contributed by atoms with Crippen LogP contribution in [0.4, 0.5) is 17.2 Å². The topological polar surface area (TPSA) is 97.5 Å². The van der Waals surface area contributed by atoms with E-state index >= 15 is 0 Å². The van der Waals surface area contributed by atoms with E-state index in [9.17, 15) is 4.79 Å². The average Bonchev–Trinajstić information content (AvgIpc) is 2.43. The van der Waals surface area contributed by atoms with Crippen LogP contribution in [0.3, 0.4) is 0 Å². The molecule has 0 atom stereocenters. The summed E-state index contributed by atoms with van der Waals surface area (Å²) >= 11 is 0. The number of anilines is 3. The van der Waals surface area contributed by atoms with Crippen LogP contribution >= 0.6 is 0 Å². The molecule has 0 aliphatic heterocycles. The van der Waals surface area contributed by atoms with Crippen molar-refractivity contribution in [3.8, 4) is 5.75 Å². The Labute approximate surface area is 116 Å². The number of nitrogens with one attached hydrogen (secondary N) is 1. The van der Waals surface area contributed by atoms with E-state index in [-0.39, 0.29) is 11.5 Å². The summed E-state index contributed by atoms with van der Waals surface area (Å²) in [6.07, 6.45) is 0. The van der Waals surface area contributed by atoms with Crippen LogP contribution < -0.4 is 15.8 Å². The third kappa shape index (κ3) is 2.97. The molecule has 6 nitrogen and oxygen atoms in total. The molecular weight excluding hydrogens is 258 g/mol. The lowest BCUT2D eigenvalue weighted by atomic mass is 10.2. The molecule has 0 radical (unpaired) electrons. The van der Waals surface area contributed by atoms with Crippen LogP contribution in [0.2, 0.25) is 0 Å². The lowest BCUT2D eigenvalue weighted by Gasteiger charge is -2.13. The summed E-state index contributed by atoms with van der Waals surface area (Å²) in [4.78, 5) is 14.9. The minimum Gasteiger partial charge on any atom is -0.492 e. The van der Waals surface area contributed by atoms with Gasteiger partial charge in [-0.15, -0.1) is 0 Å². The van der Waals surface area contributed by atoms with Gasteiger partial charge in [-0.25, -0.2) is 9.78 Å². The van der Waals surface area contributed by atoms with Gasteiger partial charge in [0.15, 0.2) is 11.5 Å². The van der Waals surface area contributed by atoms with E-state index in [4.69, 9.17) is 15.6 Å². The van der Waals surface area contributed by atoms with Crippen LogP contribution in [0, 0.1) is 0 Å². The number of carboxylic acids is 1. The molecule has 1 heterocycles. The second-order valence-corrected chi connectivity index (χ2v) is 3.99. The van der Waals surface area contributed by atoms with E-state index in [1.165, 1.54) is 12.1 Å². The van der Waals surface area contributed by atoms with Gasteiger partial charge in [-0.3, -0.25) is 0 Å². The van der Waals surface area contributed by atoms with E-state index < -0.39 is 5.97 Å². The molecule has 0 fully saturated rings. The Morgan fingerprint density at radius 3 is 2.80 bits per heavy atom. The van der Waals surface area contributed by atoms with Gasteiger partial charge in [0, 0.05) is 0 Å². The number of hydrogen-bond donors (Lipinski definition) is 3. The summed E-state index contributed by atoms with van der Waals surface area (Å²) in [7, 11) is 0. The van der Waals surface area contributed by atoms with Crippen LogP contribution in [0.25, 0.3) is 0 Å². The third-order valence-corrected chi connectivity index (χ3v) is 2.59. The number of carbonyl (C=O) groups is 1. The van der Waals surface area contributed by atoms with Crippen LogP contribution in [0.15, 0.2) is 36.4 Å². The van der Waals surface area contributed by atoms with Crippen molar-refractivity contribution in [2.75, 3.05) is 17.7 Å². The van der Waals surface area contributed by atoms with Crippen molar-refractivity contribution >= 4 is 23.2 Å². The van der Waals surface area contributed by atoms with E-state index in [0.29, 0.717) is 23.7 Å². The molecule has 1 aromatic heterocycles. The Kier molecular flexibility index (Phi) is 4.05. The predicted molar refractivity (Wildman–Crippen MR) is 76.5 cm³/mol. The van der Waals surface area contributed by atoms with Crippen LogP contribution in [0.1, 0.15) is 17.4 Å². The normalized spacial score (nSPS) is 10.1. The molecule has 20 heavy (non-hydrogen) atoms. The summed E-state index contributed by atoms with van der Waals surface area (Å²) in [5.74, 6) is -0.167. The monoisotopic (exact) mass is 273 g/mol. The molecule has 104 valence electrons. The standard InChI is InChI=1S/C14H15N3O3/c1-2-20-12-6-4-3-5-10(12)16-13-9(15)7-8-11(17-13)14(18)19/h3-8H,2,15H2,1H3,(H,16,17)(H,18,19). The zero-order valence-corrected chi connectivity index (χ0v) is 11.0. The Bertz CT molecular complexity index is 629. The molecule has 1 aromatic carbocycles. The van der Waals surface area contributed by atoms with Crippen LogP contribution in [0.5, 0.6) is 5.75 Å². The number of benzene rings is 1. The molecule has 0 bridgehead atoms. The number of rotatable bonds is 5. The summed E-state index contributed by atoms with van der Waals surface area (Å²) in [6.45, 7) is 2.41. The molecular formula is C14H15N3O3. The highest BCUT2D eigenvalue weighted by Crippen LogP contribution is 2.29. The number of ether oxygens (including phenoxy) is 1. The van der Waals surface area contributed by atoms with Crippen molar-refractivity contribution in [1.82, 2.24) is 4.98 Å². The van der Waals surface area contributed by atoms with Gasteiger partial charge in [-0.05, 0) is 31.2 Å². The van der Waals surface area contributed by atoms with Crippen molar-refractivity contribution in [2.24, 2.45) is 0 Å². The minimum absolute atomic E-state index is 0.0735. The van der Waals surface area contributed by atoms with Crippen molar-refractivity contribution in [3.05, 3.63) is 42.1 Å². The first kappa shape index (κ1) is 13.7. The number of carboxylic acid groups (broad SMARTS) is 1. The van der Waals surface area contributed by atoms with E-state index in [1.807, 2.05) is 25.1 Å². The highest BCUT2D eigenvalue weighted by molar-refractivity contribution is 5.87. The maximum Gasteiger partial charge on any atom is 0.354 e. The van der Waals surface area contributed by atoms with Crippen molar-refractivity contribution in [3.63, 3.8) is 0 Å². The zero-order valence-electron chi connectivity index (χ0n) is 11.0. The Morgan fingerprint density at radius 2 is 2.10 bits per heavy atom. The summed E-state index contributed by atoms with van der Waals surface area (Å²) in [6, 6.07) is 10.2. The number of aromatic carboxylic acids is 1. The van der Waals surface area contributed by atoms with Gasteiger partial charge in [0.1, 0.15) is 5.75 Å². The number of para-hydroxylation sites is 2. The number of hydrogen-bond acceptors (Lipinski definition) is 5. The molecule has 0 aliphatic rings. The minimum atomic E-state index is -1.11. The maximum atomic E-state index is 10.9.